The molecule has 0 N–H and O–H groups in total. The summed E-state index contributed by atoms with van der Waals surface area (Å²) < 4.78 is 0. The second-order valence-corrected chi connectivity index (χ2v) is 12.4. The van der Waals surface area contributed by atoms with Crippen LogP contribution in [0.25, 0.3) is 0 Å². The van der Waals surface area contributed by atoms with Crippen molar-refractivity contribution in [2.24, 2.45) is 0 Å². The minimum Gasteiger partial charge on any atom is -0.0654 e. The Hall–Kier alpha value is -0.520. The fourth-order valence-corrected chi connectivity index (χ4v) is 6.43. The first-order valence-electron chi connectivity index (χ1n) is 17.7. The summed E-state index contributed by atoms with van der Waals surface area (Å²) in [4.78, 5) is 0. The second kappa shape index (κ2) is 25.7. The fourth-order valence-electron chi connectivity index (χ4n) is 6.43. The van der Waals surface area contributed by atoms with Gasteiger partial charge in [-0.25, -0.2) is 0 Å². The van der Waals surface area contributed by atoms with Crippen LogP contribution in [0, 0.1) is 0 Å². The van der Waals surface area contributed by atoms with Gasteiger partial charge in [0.15, 0.2) is 0 Å². The van der Waals surface area contributed by atoms with E-state index in [1.54, 1.807) is 0 Å². The summed E-state index contributed by atoms with van der Waals surface area (Å²) in [6, 6.07) is 0. The third kappa shape index (κ3) is 17.6. The molecule has 0 radical (unpaired) electrons. The Morgan fingerprint density at radius 3 is 0.838 bits per heavy atom. The van der Waals surface area contributed by atoms with E-state index in [1.807, 2.05) is 22.3 Å². The highest BCUT2D eigenvalue weighted by Crippen LogP contribution is 2.42. The summed E-state index contributed by atoms with van der Waals surface area (Å²) in [5.41, 5.74) is 7.56. The van der Waals surface area contributed by atoms with Crippen molar-refractivity contribution in [2.75, 3.05) is 0 Å². The van der Waals surface area contributed by atoms with Crippen LogP contribution in [0.15, 0.2) is 22.3 Å². The van der Waals surface area contributed by atoms with Crippen LogP contribution in [-0.4, -0.2) is 0 Å². The third-order valence-corrected chi connectivity index (χ3v) is 8.87. The SMILES string of the molecule is CCCCCCCCC1=C(CCCCCCCC)C(CCCCCCCC)=C(CCCCCCCC)C1. The third-order valence-electron chi connectivity index (χ3n) is 8.87. The van der Waals surface area contributed by atoms with Gasteiger partial charge in [-0.2, -0.15) is 0 Å². The van der Waals surface area contributed by atoms with Crippen molar-refractivity contribution in [3.63, 3.8) is 0 Å². The van der Waals surface area contributed by atoms with Gasteiger partial charge in [0.05, 0.1) is 0 Å². The van der Waals surface area contributed by atoms with Gasteiger partial charge in [-0.05, 0) is 68.9 Å². The van der Waals surface area contributed by atoms with Crippen LogP contribution in [0.5, 0.6) is 0 Å². The summed E-state index contributed by atoms with van der Waals surface area (Å²) in [5.74, 6) is 0. The average molecular weight is 515 g/mol. The highest BCUT2D eigenvalue weighted by molar-refractivity contribution is 5.47. The monoisotopic (exact) mass is 515 g/mol. The molecule has 0 saturated carbocycles. The zero-order valence-corrected chi connectivity index (χ0v) is 26.5. The van der Waals surface area contributed by atoms with Crippen LogP contribution in [0.3, 0.4) is 0 Å². The molecule has 0 spiro atoms. The Morgan fingerprint density at radius 1 is 0.297 bits per heavy atom. The van der Waals surface area contributed by atoms with Crippen LogP contribution in [0.2, 0.25) is 0 Å². The maximum absolute atomic E-state index is 2.34. The van der Waals surface area contributed by atoms with Crippen LogP contribution in [0.4, 0.5) is 0 Å². The zero-order valence-electron chi connectivity index (χ0n) is 26.5. The lowest BCUT2D eigenvalue weighted by Crippen LogP contribution is -1.95. The molecule has 1 aliphatic carbocycles. The van der Waals surface area contributed by atoms with E-state index in [4.69, 9.17) is 0 Å². The van der Waals surface area contributed by atoms with Gasteiger partial charge < -0.3 is 0 Å². The van der Waals surface area contributed by atoms with Crippen LogP contribution < -0.4 is 0 Å². The molecule has 0 bridgehead atoms. The maximum atomic E-state index is 2.34. The van der Waals surface area contributed by atoms with Crippen LogP contribution >= 0.6 is 0 Å². The van der Waals surface area contributed by atoms with E-state index in [1.165, 1.54) is 186 Å². The largest absolute Gasteiger partial charge is 0.0654 e. The van der Waals surface area contributed by atoms with E-state index in [0.29, 0.717) is 0 Å². The van der Waals surface area contributed by atoms with Gasteiger partial charge in [0, 0.05) is 0 Å². The summed E-state index contributed by atoms with van der Waals surface area (Å²) in [5, 5.41) is 0. The van der Waals surface area contributed by atoms with Gasteiger partial charge in [-0.1, -0.05) is 167 Å². The molecule has 0 unspecified atom stereocenters. The standard InChI is InChI=1S/C37H70/c1-5-9-13-17-21-25-29-34-33-35(30-26-22-18-14-10-6-2)37(32-28-24-20-16-12-8-4)36(34)31-27-23-19-15-11-7-3/h5-33H2,1-4H3. The van der Waals surface area contributed by atoms with E-state index in [2.05, 4.69) is 27.7 Å². The van der Waals surface area contributed by atoms with E-state index < -0.39 is 0 Å². The first-order chi connectivity index (χ1) is 18.3. The van der Waals surface area contributed by atoms with Crippen molar-refractivity contribution >= 4 is 0 Å². The summed E-state index contributed by atoms with van der Waals surface area (Å²) in [6.07, 6.45) is 41.3. The molecule has 0 heterocycles. The molecule has 218 valence electrons. The lowest BCUT2D eigenvalue weighted by molar-refractivity contribution is 0.592. The summed E-state index contributed by atoms with van der Waals surface area (Å²) in [7, 11) is 0. The van der Waals surface area contributed by atoms with Gasteiger partial charge in [-0.3, -0.25) is 0 Å². The van der Waals surface area contributed by atoms with Gasteiger partial charge >= 0.3 is 0 Å². The van der Waals surface area contributed by atoms with E-state index >= 15 is 0 Å². The average Bonchev–Trinajstić information content (AvgIpc) is 3.23. The predicted octanol–water partition coefficient (Wildman–Crippen LogP) is 14.0. The van der Waals surface area contributed by atoms with E-state index in [0.717, 1.165) is 0 Å². The number of allylic oxidation sites excluding steroid dienone is 4. The molecule has 0 atom stereocenters. The minimum absolute atomic E-state index is 1.36. The molecular weight excluding hydrogens is 444 g/mol. The molecule has 1 aliphatic rings. The van der Waals surface area contributed by atoms with Crippen LogP contribution in [0.1, 0.15) is 214 Å². The molecule has 0 nitrogen and oxygen atoms in total. The van der Waals surface area contributed by atoms with Crippen molar-refractivity contribution in [1.82, 2.24) is 0 Å². The highest BCUT2D eigenvalue weighted by Gasteiger charge is 2.23. The Morgan fingerprint density at radius 2 is 0.541 bits per heavy atom. The molecular formula is C37H70. The summed E-state index contributed by atoms with van der Waals surface area (Å²) >= 11 is 0. The molecule has 0 aliphatic heterocycles. The Kier molecular flexibility index (Phi) is 24.0. The second-order valence-electron chi connectivity index (χ2n) is 12.4. The van der Waals surface area contributed by atoms with E-state index in [9.17, 15) is 0 Å². The van der Waals surface area contributed by atoms with Gasteiger partial charge in [0.1, 0.15) is 0 Å². The smallest absolute Gasteiger partial charge is 0.00966 e. The first kappa shape index (κ1) is 34.5. The first-order valence-corrected chi connectivity index (χ1v) is 17.7. The number of hydrogen-bond acceptors (Lipinski definition) is 0. The molecule has 0 saturated heterocycles. The van der Waals surface area contributed by atoms with E-state index in [-0.39, 0.29) is 0 Å². The Balaban J connectivity index is 2.77. The predicted molar refractivity (Wildman–Crippen MR) is 171 cm³/mol. The van der Waals surface area contributed by atoms with Crippen LogP contribution in [-0.2, 0) is 0 Å². The van der Waals surface area contributed by atoms with Gasteiger partial charge in [0.2, 0.25) is 0 Å². The highest BCUT2D eigenvalue weighted by atomic mass is 14.3. The molecule has 0 heteroatoms. The van der Waals surface area contributed by atoms with Gasteiger partial charge in [-0.15, -0.1) is 0 Å². The molecule has 0 aromatic carbocycles. The molecule has 0 aromatic rings. The summed E-state index contributed by atoms with van der Waals surface area (Å²) in [6.45, 7) is 9.34. The van der Waals surface area contributed by atoms with Crippen molar-refractivity contribution in [3.05, 3.63) is 22.3 Å². The number of rotatable bonds is 28. The van der Waals surface area contributed by atoms with Crippen molar-refractivity contribution < 1.29 is 0 Å². The number of unbranched alkanes of at least 4 members (excludes halogenated alkanes) is 20. The minimum atomic E-state index is 1.36. The van der Waals surface area contributed by atoms with Crippen molar-refractivity contribution in [3.8, 4) is 0 Å². The normalized spacial score (nSPS) is 13.9. The Labute approximate surface area is 235 Å². The zero-order chi connectivity index (χ0) is 26.8. The maximum Gasteiger partial charge on any atom is -0.00966 e. The molecule has 0 aromatic heterocycles. The van der Waals surface area contributed by atoms with Crippen molar-refractivity contribution in [2.45, 2.75) is 214 Å². The lowest BCUT2D eigenvalue weighted by Gasteiger charge is -2.14. The Bertz CT molecular complexity index is 513. The molecule has 1 rings (SSSR count). The van der Waals surface area contributed by atoms with Crippen molar-refractivity contribution in [1.29, 1.82) is 0 Å². The molecule has 37 heavy (non-hydrogen) atoms. The quantitative estimate of drug-likeness (QED) is 0.0910. The van der Waals surface area contributed by atoms with Gasteiger partial charge in [0.25, 0.3) is 0 Å². The molecule has 0 amide bonds. The fraction of sp³-hybridized carbons (Fsp3) is 0.892. The lowest BCUT2D eigenvalue weighted by atomic mass is 9.92. The number of hydrogen-bond donors (Lipinski definition) is 0. The molecule has 0 fully saturated rings. The topological polar surface area (TPSA) is 0 Å².